The van der Waals surface area contributed by atoms with Crippen molar-refractivity contribution in [2.45, 2.75) is 44.7 Å². The molecule has 0 saturated carbocycles. The minimum absolute atomic E-state index is 0.0239. The summed E-state index contributed by atoms with van der Waals surface area (Å²) in [5.74, 6) is 0.332. The highest BCUT2D eigenvalue weighted by Gasteiger charge is 2.35. The molecule has 4 aromatic carbocycles. The number of rotatable bonds is 17. The Kier molecular flexibility index (Phi) is 13.5. The van der Waals surface area contributed by atoms with E-state index in [0.717, 1.165) is 9.87 Å². The molecule has 0 aliphatic rings. The van der Waals surface area contributed by atoms with Gasteiger partial charge in [-0.25, -0.2) is 8.42 Å². The minimum atomic E-state index is -4.38. The molecule has 0 aliphatic carbocycles. The van der Waals surface area contributed by atoms with E-state index in [0.29, 0.717) is 35.2 Å². The van der Waals surface area contributed by atoms with Gasteiger partial charge in [-0.05, 0) is 72.5 Å². The van der Waals surface area contributed by atoms with Crippen molar-refractivity contribution in [2.75, 3.05) is 38.2 Å². The first-order chi connectivity index (χ1) is 24.0. The lowest BCUT2D eigenvalue weighted by molar-refractivity contribution is -0.140. The Balaban J connectivity index is 1.83. The van der Waals surface area contributed by atoms with Crippen LogP contribution in [0.5, 0.6) is 17.2 Å². The summed E-state index contributed by atoms with van der Waals surface area (Å²) in [4.78, 5) is 30.0. The van der Waals surface area contributed by atoms with Crippen LogP contribution in [0.1, 0.15) is 31.9 Å². The van der Waals surface area contributed by atoms with Crippen molar-refractivity contribution < 1.29 is 32.2 Å². The van der Waals surface area contributed by atoms with E-state index in [-0.39, 0.29) is 41.1 Å². The summed E-state index contributed by atoms with van der Waals surface area (Å²) >= 11 is 6.17. The average Bonchev–Trinajstić information content (AvgIpc) is 3.12. The molecule has 12 heteroatoms. The predicted molar refractivity (Wildman–Crippen MR) is 195 cm³/mol. The van der Waals surface area contributed by atoms with Crippen LogP contribution < -0.4 is 23.8 Å². The molecule has 1 unspecified atom stereocenters. The first kappa shape index (κ1) is 38.1. The van der Waals surface area contributed by atoms with Gasteiger partial charge >= 0.3 is 0 Å². The van der Waals surface area contributed by atoms with E-state index in [1.54, 1.807) is 48.5 Å². The quantitative estimate of drug-likeness (QED) is 0.135. The molecule has 0 radical (unpaired) electrons. The van der Waals surface area contributed by atoms with Gasteiger partial charge in [0.25, 0.3) is 10.0 Å². The molecule has 2 amide bonds. The van der Waals surface area contributed by atoms with E-state index >= 15 is 0 Å². The number of anilines is 1. The molecule has 0 fully saturated rings. The van der Waals surface area contributed by atoms with Gasteiger partial charge in [-0.15, -0.1) is 0 Å². The first-order valence-electron chi connectivity index (χ1n) is 16.3. The maximum Gasteiger partial charge on any atom is 0.264 e. The Bertz CT molecular complexity index is 1820. The minimum Gasteiger partial charge on any atom is -0.494 e. The molecule has 4 rings (SSSR count). The summed E-state index contributed by atoms with van der Waals surface area (Å²) in [5.41, 5.74) is 1.78. The van der Waals surface area contributed by atoms with Crippen molar-refractivity contribution in [2.24, 2.45) is 5.92 Å². The van der Waals surface area contributed by atoms with Crippen LogP contribution in [-0.4, -0.2) is 65.1 Å². The fourth-order valence-electron chi connectivity index (χ4n) is 5.27. The average molecular weight is 722 g/mol. The largest absolute Gasteiger partial charge is 0.494 e. The van der Waals surface area contributed by atoms with Gasteiger partial charge in [0, 0.05) is 30.6 Å². The summed E-state index contributed by atoms with van der Waals surface area (Å²) in [5, 5.41) is 3.51. The van der Waals surface area contributed by atoms with Crippen molar-refractivity contribution in [1.82, 2.24) is 10.2 Å². The third-order valence-electron chi connectivity index (χ3n) is 7.88. The molecule has 0 saturated heterocycles. The zero-order chi connectivity index (χ0) is 36.3. The SMILES string of the molecule is CCOc1ccc(N(CC(=O)N(Cc2ccc(Cl)cc2)C(Cc2ccccc2)C(=O)NCC(C)C)S(=O)(=O)c2ccc(OC)c(OC)c2)cc1. The number of hydrogen-bond acceptors (Lipinski definition) is 7. The highest BCUT2D eigenvalue weighted by Crippen LogP contribution is 2.33. The maximum absolute atomic E-state index is 14.7. The van der Waals surface area contributed by atoms with Gasteiger partial charge in [0.15, 0.2) is 11.5 Å². The molecular weight excluding hydrogens is 678 g/mol. The van der Waals surface area contributed by atoms with Crippen LogP contribution in [0.4, 0.5) is 5.69 Å². The second-order valence-electron chi connectivity index (χ2n) is 11.9. The normalized spacial score (nSPS) is 11.8. The number of ether oxygens (including phenoxy) is 3. The van der Waals surface area contributed by atoms with Crippen LogP contribution in [0.3, 0.4) is 0 Å². The van der Waals surface area contributed by atoms with Gasteiger partial charge in [0.05, 0.1) is 31.4 Å². The molecule has 0 heterocycles. The van der Waals surface area contributed by atoms with Crippen molar-refractivity contribution in [3.63, 3.8) is 0 Å². The third-order valence-corrected chi connectivity index (χ3v) is 9.90. The summed E-state index contributed by atoms with van der Waals surface area (Å²) in [6.45, 7) is 6.05. The van der Waals surface area contributed by atoms with Gasteiger partial charge < -0.3 is 24.4 Å². The molecule has 0 bridgehead atoms. The number of hydrogen-bond donors (Lipinski definition) is 1. The van der Waals surface area contributed by atoms with Crippen molar-refractivity contribution >= 4 is 39.1 Å². The third kappa shape index (κ3) is 9.92. The lowest BCUT2D eigenvalue weighted by atomic mass is 10.0. The highest BCUT2D eigenvalue weighted by molar-refractivity contribution is 7.92. The molecule has 0 spiro atoms. The van der Waals surface area contributed by atoms with Crippen LogP contribution in [-0.2, 0) is 32.6 Å². The van der Waals surface area contributed by atoms with Gasteiger partial charge in [-0.3, -0.25) is 13.9 Å². The van der Waals surface area contributed by atoms with E-state index in [9.17, 15) is 18.0 Å². The number of carbonyl (C=O) groups is 2. The van der Waals surface area contributed by atoms with E-state index in [4.69, 9.17) is 25.8 Å². The second kappa shape index (κ2) is 17.8. The number of nitrogens with zero attached hydrogens (tertiary/aromatic N) is 2. The Morgan fingerprint density at radius 1 is 0.840 bits per heavy atom. The monoisotopic (exact) mass is 721 g/mol. The fourth-order valence-corrected chi connectivity index (χ4v) is 6.83. The lowest BCUT2D eigenvalue weighted by Crippen LogP contribution is -2.53. The number of methoxy groups -OCH3 is 2. The molecule has 4 aromatic rings. The fraction of sp³-hybridized carbons (Fsp3) is 0.316. The first-order valence-corrected chi connectivity index (χ1v) is 18.1. The van der Waals surface area contributed by atoms with E-state index in [2.05, 4.69) is 5.32 Å². The molecule has 266 valence electrons. The number of sulfonamides is 1. The number of halogens is 1. The maximum atomic E-state index is 14.7. The van der Waals surface area contributed by atoms with Gasteiger partial charge in [-0.2, -0.15) is 0 Å². The van der Waals surface area contributed by atoms with Crippen LogP contribution in [0, 0.1) is 5.92 Å². The van der Waals surface area contributed by atoms with Gasteiger partial charge in [0.1, 0.15) is 18.3 Å². The Morgan fingerprint density at radius 3 is 2.10 bits per heavy atom. The lowest BCUT2D eigenvalue weighted by Gasteiger charge is -2.34. The number of nitrogens with one attached hydrogen (secondary N) is 1. The van der Waals surface area contributed by atoms with Gasteiger partial charge in [-0.1, -0.05) is 67.9 Å². The van der Waals surface area contributed by atoms with Crippen molar-refractivity contribution in [1.29, 1.82) is 0 Å². The zero-order valence-electron chi connectivity index (χ0n) is 29.0. The second-order valence-corrected chi connectivity index (χ2v) is 14.2. The van der Waals surface area contributed by atoms with E-state index < -0.39 is 28.5 Å². The van der Waals surface area contributed by atoms with Crippen molar-refractivity contribution in [3.05, 3.63) is 113 Å². The molecule has 0 aromatic heterocycles. The van der Waals surface area contributed by atoms with E-state index in [1.165, 1.54) is 37.3 Å². The number of benzene rings is 4. The highest BCUT2D eigenvalue weighted by atomic mass is 35.5. The molecule has 10 nitrogen and oxygen atoms in total. The molecule has 1 atom stereocenters. The molecule has 50 heavy (non-hydrogen) atoms. The van der Waals surface area contributed by atoms with Crippen LogP contribution in [0.2, 0.25) is 5.02 Å². The number of carbonyl (C=O) groups excluding carboxylic acids is 2. The standard InChI is InChI=1S/C38H44ClN3O7S/c1-6-49-32-18-16-31(17-19-32)42(50(45,46)33-20-21-35(47-4)36(23-33)48-5)26-37(43)41(25-29-12-14-30(39)15-13-29)34(38(44)40-24-27(2)3)22-28-10-8-7-9-11-28/h7-21,23,27,34H,6,22,24-26H2,1-5H3,(H,40,44). The van der Waals surface area contributed by atoms with Gasteiger partial charge in [0.2, 0.25) is 11.8 Å². The van der Waals surface area contributed by atoms with Crippen LogP contribution >= 0.6 is 11.6 Å². The smallest absolute Gasteiger partial charge is 0.264 e. The summed E-state index contributed by atoms with van der Waals surface area (Å²) < 4.78 is 46.3. The topological polar surface area (TPSA) is 114 Å². The molecule has 1 N–H and O–H groups in total. The molecule has 0 aliphatic heterocycles. The number of amides is 2. The Morgan fingerprint density at radius 2 is 1.50 bits per heavy atom. The van der Waals surface area contributed by atoms with Crippen LogP contribution in [0.25, 0.3) is 0 Å². The molecular formula is C38H44ClN3O7S. The van der Waals surface area contributed by atoms with Crippen molar-refractivity contribution in [3.8, 4) is 17.2 Å². The Hall–Kier alpha value is -4.74. The zero-order valence-corrected chi connectivity index (χ0v) is 30.5. The summed E-state index contributed by atoms with van der Waals surface area (Å²) in [6, 6.07) is 26.1. The summed E-state index contributed by atoms with van der Waals surface area (Å²) in [7, 11) is -1.51. The Labute approximate surface area is 300 Å². The van der Waals surface area contributed by atoms with Crippen LogP contribution in [0.15, 0.2) is 102 Å². The predicted octanol–water partition coefficient (Wildman–Crippen LogP) is 6.36. The van der Waals surface area contributed by atoms with E-state index in [1.807, 2.05) is 51.1 Å². The summed E-state index contributed by atoms with van der Waals surface area (Å²) in [6.07, 6.45) is 0.204.